The molecule has 0 N–H and O–H groups in total. The zero-order chi connectivity index (χ0) is 20.4. The third-order valence-corrected chi connectivity index (χ3v) is 8.12. The van der Waals surface area contributed by atoms with Crippen molar-refractivity contribution in [3.8, 4) is 17.2 Å². The van der Waals surface area contributed by atoms with Crippen LogP contribution in [0.3, 0.4) is 0 Å². The van der Waals surface area contributed by atoms with E-state index in [0.29, 0.717) is 19.8 Å². The topological polar surface area (TPSA) is 65.3 Å². The van der Waals surface area contributed by atoms with Crippen molar-refractivity contribution < 1.29 is 28.4 Å². The van der Waals surface area contributed by atoms with Crippen LogP contribution in [0.5, 0.6) is 17.2 Å². The molecule has 7 fully saturated rings. The Morgan fingerprint density at radius 1 is 0.677 bits per heavy atom. The zero-order valence-corrected chi connectivity index (χ0v) is 18.1. The summed E-state index contributed by atoms with van der Waals surface area (Å²) in [5.74, 6) is 5.23. The van der Waals surface area contributed by atoms with Crippen LogP contribution in [0.2, 0.25) is 0 Å². The molecule has 6 heteroatoms. The summed E-state index contributed by atoms with van der Waals surface area (Å²) in [5.41, 5.74) is 1.41. The van der Waals surface area contributed by atoms with Crippen LogP contribution in [0.4, 0.5) is 0 Å². The lowest BCUT2D eigenvalue weighted by atomic mass is 9.48. The molecule has 3 aliphatic heterocycles. The molecule has 168 valence electrons. The minimum atomic E-state index is 0.143. The van der Waals surface area contributed by atoms with Gasteiger partial charge in [-0.25, -0.2) is 0 Å². The van der Waals surface area contributed by atoms with E-state index in [4.69, 9.17) is 28.4 Å². The minimum absolute atomic E-state index is 0.143. The quantitative estimate of drug-likeness (QED) is 0.532. The molecule has 3 atom stereocenters. The van der Waals surface area contributed by atoms with Gasteiger partial charge in [0, 0.05) is 11.0 Å². The van der Waals surface area contributed by atoms with Gasteiger partial charge in [0.1, 0.15) is 43.9 Å². The van der Waals surface area contributed by atoms with E-state index in [2.05, 4.69) is 6.07 Å². The molecule has 0 radical (unpaired) electrons. The lowest BCUT2D eigenvalue weighted by molar-refractivity contribution is -0.00797. The summed E-state index contributed by atoms with van der Waals surface area (Å²) in [6.45, 7) is 4.14. The molecular formula is C25H32O6. The standard InChI is InChI=1S/C25H32O6/c1-2-22(30-13-19-10-27-19)24(31-14-20-11-28-20)23(21(1)29-12-18-9-26-18)25-6-15-3-16(7-25)5-17(4-15)8-25/h1-2,15-20H,3-14H2. The second kappa shape index (κ2) is 7.26. The Hall–Kier alpha value is -1.50. The van der Waals surface area contributed by atoms with Gasteiger partial charge < -0.3 is 28.4 Å². The van der Waals surface area contributed by atoms with Crippen LogP contribution in [-0.4, -0.2) is 58.0 Å². The van der Waals surface area contributed by atoms with E-state index in [1.165, 1.54) is 44.1 Å². The number of benzene rings is 1. The molecule has 3 unspecified atom stereocenters. The molecule has 6 nitrogen and oxygen atoms in total. The first-order valence-corrected chi connectivity index (χ1v) is 12.1. The third kappa shape index (κ3) is 3.81. The van der Waals surface area contributed by atoms with E-state index >= 15 is 0 Å². The largest absolute Gasteiger partial charge is 0.490 e. The maximum atomic E-state index is 6.50. The highest BCUT2D eigenvalue weighted by atomic mass is 16.6. The fourth-order valence-corrected chi connectivity index (χ4v) is 6.88. The lowest BCUT2D eigenvalue weighted by Gasteiger charge is -2.57. The summed E-state index contributed by atoms with van der Waals surface area (Å²) in [6.07, 6.45) is 8.63. The number of epoxide rings is 3. The smallest absolute Gasteiger partial charge is 0.168 e. The summed E-state index contributed by atoms with van der Waals surface area (Å²) >= 11 is 0. The normalized spacial score (nSPS) is 41.2. The van der Waals surface area contributed by atoms with Crippen molar-refractivity contribution in [2.24, 2.45) is 17.8 Å². The average molecular weight is 429 g/mol. The highest BCUT2D eigenvalue weighted by molar-refractivity contribution is 5.58. The van der Waals surface area contributed by atoms with Crippen LogP contribution in [0.1, 0.15) is 44.1 Å². The number of rotatable bonds is 10. The molecule has 31 heavy (non-hydrogen) atoms. The van der Waals surface area contributed by atoms with Gasteiger partial charge in [-0.15, -0.1) is 0 Å². The molecule has 4 aliphatic carbocycles. The first kappa shape index (κ1) is 19.0. The first-order valence-electron chi connectivity index (χ1n) is 12.1. The fourth-order valence-electron chi connectivity index (χ4n) is 6.88. The molecule has 1 aromatic rings. The summed E-state index contributed by atoms with van der Waals surface area (Å²) in [7, 11) is 0. The first-order chi connectivity index (χ1) is 15.2. The second-order valence-electron chi connectivity index (χ2n) is 10.8. The molecule has 8 rings (SSSR count). The zero-order valence-electron chi connectivity index (χ0n) is 18.1. The molecule has 0 amide bonds. The number of hydrogen-bond donors (Lipinski definition) is 0. The summed E-state index contributed by atoms with van der Waals surface area (Å²) in [6, 6.07) is 4.14. The Morgan fingerprint density at radius 2 is 1.13 bits per heavy atom. The molecule has 3 heterocycles. The van der Waals surface area contributed by atoms with Gasteiger partial charge in [0.15, 0.2) is 11.5 Å². The third-order valence-electron chi connectivity index (χ3n) is 8.12. The SMILES string of the molecule is c1cc(OCC2CO2)c(C23CC4CC(CC(C4)C2)C3)c(OCC2CO2)c1OCC1CO1. The van der Waals surface area contributed by atoms with Crippen molar-refractivity contribution in [3.05, 3.63) is 17.7 Å². The molecule has 3 saturated heterocycles. The number of ether oxygens (including phenoxy) is 6. The van der Waals surface area contributed by atoms with Crippen molar-refractivity contribution in [2.75, 3.05) is 39.6 Å². The average Bonchev–Trinajstić information content (AvgIpc) is 3.60. The van der Waals surface area contributed by atoms with Gasteiger partial charge in [-0.2, -0.15) is 0 Å². The van der Waals surface area contributed by atoms with Gasteiger partial charge in [0.2, 0.25) is 0 Å². The van der Waals surface area contributed by atoms with E-state index in [9.17, 15) is 0 Å². The van der Waals surface area contributed by atoms with Crippen molar-refractivity contribution in [1.82, 2.24) is 0 Å². The highest BCUT2D eigenvalue weighted by Gasteiger charge is 2.54. The lowest BCUT2D eigenvalue weighted by Crippen LogP contribution is -2.48. The van der Waals surface area contributed by atoms with E-state index in [-0.39, 0.29) is 23.7 Å². The predicted octanol–water partition coefficient (Wildman–Crippen LogP) is 3.49. The van der Waals surface area contributed by atoms with Gasteiger partial charge in [-0.1, -0.05) is 0 Å². The molecule has 1 aromatic carbocycles. The second-order valence-corrected chi connectivity index (χ2v) is 10.8. The van der Waals surface area contributed by atoms with E-state index in [0.717, 1.165) is 54.8 Å². The predicted molar refractivity (Wildman–Crippen MR) is 112 cm³/mol. The van der Waals surface area contributed by atoms with E-state index < -0.39 is 0 Å². The molecular weight excluding hydrogens is 396 g/mol. The van der Waals surface area contributed by atoms with Crippen molar-refractivity contribution >= 4 is 0 Å². The van der Waals surface area contributed by atoms with Crippen molar-refractivity contribution in [3.63, 3.8) is 0 Å². The van der Waals surface area contributed by atoms with Crippen LogP contribution < -0.4 is 14.2 Å². The van der Waals surface area contributed by atoms with Crippen LogP contribution in [-0.2, 0) is 19.6 Å². The molecule has 7 aliphatic rings. The molecule has 0 aromatic heterocycles. The van der Waals surface area contributed by atoms with E-state index in [1.54, 1.807) is 0 Å². The summed E-state index contributed by atoms with van der Waals surface area (Å²) in [4.78, 5) is 0. The van der Waals surface area contributed by atoms with Crippen LogP contribution in [0.25, 0.3) is 0 Å². The van der Waals surface area contributed by atoms with Crippen molar-refractivity contribution in [2.45, 2.75) is 62.3 Å². The Bertz CT molecular complexity index is 805. The maximum Gasteiger partial charge on any atom is 0.168 e. The molecule has 4 saturated carbocycles. The van der Waals surface area contributed by atoms with E-state index in [1.807, 2.05) is 6.07 Å². The molecule has 4 bridgehead atoms. The van der Waals surface area contributed by atoms with Gasteiger partial charge >= 0.3 is 0 Å². The van der Waals surface area contributed by atoms with Gasteiger partial charge in [-0.05, 0) is 68.4 Å². The number of hydrogen-bond acceptors (Lipinski definition) is 6. The highest BCUT2D eigenvalue weighted by Crippen LogP contribution is 2.64. The van der Waals surface area contributed by atoms with Gasteiger partial charge in [-0.3, -0.25) is 0 Å². The summed E-state index contributed by atoms with van der Waals surface area (Å²) in [5, 5.41) is 0. The Labute approximate surface area is 183 Å². The van der Waals surface area contributed by atoms with Crippen LogP contribution >= 0.6 is 0 Å². The minimum Gasteiger partial charge on any atom is -0.490 e. The fraction of sp³-hybridized carbons (Fsp3) is 0.760. The monoisotopic (exact) mass is 428 g/mol. The Kier molecular flexibility index (Phi) is 4.45. The van der Waals surface area contributed by atoms with Gasteiger partial charge in [0.25, 0.3) is 0 Å². The Balaban J connectivity index is 1.29. The molecule has 0 spiro atoms. The Morgan fingerprint density at radius 3 is 1.65 bits per heavy atom. The van der Waals surface area contributed by atoms with Crippen LogP contribution in [0.15, 0.2) is 12.1 Å². The van der Waals surface area contributed by atoms with Crippen molar-refractivity contribution in [1.29, 1.82) is 0 Å². The summed E-state index contributed by atoms with van der Waals surface area (Å²) < 4.78 is 35.4. The van der Waals surface area contributed by atoms with Crippen LogP contribution in [0, 0.1) is 17.8 Å². The maximum absolute atomic E-state index is 6.50. The van der Waals surface area contributed by atoms with Gasteiger partial charge in [0.05, 0.1) is 19.8 Å².